The maximum Gasteiger partial charge on any atom is 0.511 e. The largest absolute Gasteiger partial charge is 0.511 e. The van der Waals surface area contributed by atoms with Crippen LogP contribution in [0.15, 0.2) is 33.7 Å². The molecule has 1 aliphatic heterocycles. The van der Waals surface area contributed by atoms with Crippen molar-refractivity contribution >= 4 is 27.0 Å². The van der Waals surface area contributed by atoms with E-state index in [2.05, 4.69) is 15.6 Å². The summed E-state index contributed by atoms with van der Waals surface area (Å²) in [5.74, 6) is 1.24. The van der Waals surface area contributed by atoms with Gasteiger partial charge in [0.1, 0.15) is 11.3 Å². The number of guanidine groups is 1. The van der Waals surface area contributed by atoms with Crippen LogP contribution in [-0.2, 0) is 16.6 Å². The maximum atomic E-state index is 12.7. The van der Waals surface area contributed by atoms with Gasteiger partial charge in [0.25, 0.3) is 0 Å². The predicted octanol–water partition coefficient (Wildman–Crippen LogP) is 2.72. The zero-order chi connectivity index (χ0) is 21.2. The van der Waals surface area contributed by atoms with Crippen LogP contribution in [0.5, 0.6) is 0 Å². The number of sulfonamides is 1. The molecule has 11 heteroatoms. The van der Waals surface area contributed by atoms with Gasteiger partial charge in [-0.25, -0.2) is 8.42 Å². The van der Waals surface area contributed by atoms with E-state index in [0.29, 0.717) is 16.8 Å². The molecule has 29 heavy (non-hydrogen) atoms. The summed E-state index contributed by atoms with van der Waals surface area (Å²) in [6.45, 7) is 1.97. The number of nitrogens with one attached hydrogen (secondary N) is 2. The fraction of sp³-hybridized carbons (Fsp3) is 0.500. The van der Waals surface area contributed by atoms with E-state index in [9.17, 15) is 21.6 Å². The van der Waals surface area contributed by atoms with Gasteiger partial charge in [-0.15, -0.1) is 0 Å². The van der Waals surface area contributed by atoms with Crippen LogP contribution < -0.4 is 10.6 Å². The first-order chi connectivity index (χ1) is 13.6. The molecule has 0 aliphatic carbocycles. The van der Waals surface area contributed by atoms with Crippen molar-refractivity contribution in [2.45, 2.75) is 37.9 Å². The summed E-state index contributed by atoms with van der Waals surface area (Å²) in [4.78, 5) is 4.13. The average Bonchev–Trinajstić information content (AvgIpc) is 3.00. The SMILES string of the molecule is CN=C(NCc1oc2ccccc2c1C)NC1CCN(S(=O)(=O)C(F)(F)F)CC1. The lowest BCUT2D eigenvalue weighted by atomic mass is 10.1. The van der Waals surface area contributed by atoms with E-state index in [-0.39, 0.29) is 32.0 Å². The fourth-order valence-corrected chi connectivity index (χ4v) is 4.32. The number of hydrogen-bond acceptors (Lipinski definition) is 4. The molecule has 0 atom stereocenters. The molecule has 1 fully saturated rings. The first kappa shape index (κ1) is 21.4. The molecule has 3 rings (SSSR count). The smallest absolute Gasteiger partial charge is 0.459 e. The lowest BCUT2D eigenvalue weighted by Gasteiger charge is -2.32. The Balaban J connectivity index is 1.55. The van der Waals surface area contributed by atoms with E-state index in [0.717, 1.165) is 22.3 Å². The molecule has 2 N–H and O–H groups in total. The summed E-state index contributed by atoms with van der Waals surface area (Å²) in [5.41, 5.74) is -3.45. The van der Waals surface area contributed by atoms with Crippen LogP contribution in [-0.4, -0.2) is 50.4 Å². The highest BCUT2D eigenvalue weighted by Gasteiger charge is 2.50. The van der Waals surface area contributed by atoms with Gasteiger partial charge in [0.05, 0.1) is 6.54 Å². The first-order valence-electron chi connectivity index (χ1n) is 9.14. The molecule has 2 aromatic rings. The van der Waals surface area contributed by atoms with Crippen molar-refractivity contribution in [2.75, 3.05) is 20.1 Å². The Labute approximate surface area is 167 Å². The molecular weight excluding hydrogens is 409 g/mol. The van der Waals surface area contributed by atoms with E-state index in [4.69, 9.17) is 4.42 Å². The molecular formula is C18H23F3N4O3S. The third kappa shape index (κ3) is 4.50. The Kier molecular flexibility index (Phi) is 6.08. The van der Waals surface area contributed by atoms with Crippen LogP contribution >= 0.6 is 0 Å². The molecule has 0 radical (unpaired) electrons. The molecule has 0 spiro atoms. The van der Waals surface area contributed by atoms with Gasteiger partial charge in [-0.2, -0.15) is 17.5 Å². The van der Waals surface area contributed by atoms with Crippen molar-refractivity contribution in [1.82, 2.24) is 14.9 Å². The first-order valence-corrected chi connectivity index (χ1v) is 10.6. The Morgan fingerprint density at radius 3 is 2.52 bits per heavy atom. The second-order valence-electron chi connectivity index (χ2n) is 6.84. The minimum Gasteiger partial charge on any atom is -0.459 e. The molecule has 0 saturated carbocycles. The lowest BCUT2D eigenvalue weighted by Crippen LogP contribution is -2.51. The number of alkyl halides is 3. The zero-order valence-electron chi connectivity index (χ0n) is 16.1. The number of rotatable bonds is 4. The van der Waals surface area contributed by atoms with Gasteiger partial charge in [0, 0.05) is 37.1 Å². The normalized spacial score (nSPS) is 17.6. The van der Waals surface area contributed by atoms with Crippen LogP contribution in [0, 0.1) is 6.92 Å². The van der Waals surface area contributed by atoms with E-state index in [1.165, 1.54) is 0 Å². The second kappa shape index (κ2) is 8.23. The zero-order valence-corrected chi connectivity index (χ0v) is 16.9. The topological polar surface area (TPSA) is 86.9 Å². The molecule has 160 valence electrons. The van der Waals surface area contributed by atoms with Gasteiger partial charge in [-0.05, 0) is 25.8 Å². The van der Waals surface area contributed by atoms with Gasteiger partial charge in [0.2, 0.25) is 0 Å². The number of piperidine rings is 1. The molecule has 0 unspecified atom stereocenters. The third-order valence-electron chi connectivity index (χ3n) is 5.01. The second-order valence-corrected chi connectivity index (χ2v) is 8.77. The monoisotopic (exact) mass is 432 g/mol. The van der Waals surface area contributed by atoms with Crippen LogP contribution in [0.2, 0.25) is 0 Å². The number of hydrogen-bond donors (Lipinski definition) is 2. The summed E-state index contributed by atoms with van der Waals surface area (Å²) < 4.78 is 67.3. The highest BCUT2D eigenvalue weighted by molar-refractivity contribution is 7.90. The molecule has 1 aliphatic rings. The summed E-state index contributed by atoms with van der Waals surface area (Å²) in [6, 6.07) is 7.52. The Morgan fingerprint density at radius 2 is 1.93 bits per heavy atom. The van der Waals surface area contributed by atoms with Crippen LogP contribution in [0.1, 0.15) is 24.2 Å². The van der Waals surface area contributed by atoms with Gasteiger partial charge in [0.15, 0.2) is 5.96 Å². The third-order valence-corrected chi connectivity index (χ3v) is 6.64. The van der Waals surface area contributed by atoms with E-state index >= 15 is 0 Å². The number of fused-ring (bicyclic) bond motifs is 1. The van der Waals surface area contributed by atoms with Crippen molar-refractivity contribution in [3.05, 3.63) is 35.6 Å². The molecule has 0 bridgehead atoms. The molecule has 0 amide bonds. The van der Waals surface area contributed by atoms with Crippen molar-refractivity contribution in [3.63, 3.8) is 0 Å². The van der Waals surface area contributed by atoms with Gasteiger partial charge in [-0.3, -0.25) is 4.99 Å². The average molecular weight is 432 g/mol. The number of aryl methyl sites for hydroxylation is 1. The number of benzene rings is 1. The van der Waals surface area contributed by atoms with Crippen molar-refractivity contribution in [2.24, 2.45) is 4.99 Å². The van der Waals surface area contributed by atoms with Crippen LogP contribution in [0.3, 0.4) is 0 Å². The highest BCUT2D eigenvalue weighted by atomic mass is 32.2. The summed E-state index contributed by atoms with van der Waals surface area (Å²) in [5, 5.41) is 7.30. The summed E-state index contributed by atoms with van der Waals surface area (Å²) in [7, 11) is -3.69. The maximum absolute atomic E-state index is 12.7. The Bertz CT molecular complexity index is 993. The minimum atomic E-state index is -5.27. The molecule has 7 nitrogen and oxygen atoms in total. The molecule has 1 aromatic carbocycles. The number of aliphatic imine (C=N–C) groups is 1. The van der Waals surface area contributed by atoms with Crippen molar-refractivity contribution in [3.8, 4) is 0 Å². The summed E-state index contributed by atoms with van der Waals surface area (Å²) in [6.07, 6.45) is 0.499. The highest BCUT2D eigenvalue weighted by Crippen LogP contribution is 2.29. The van der Waals surface area contributed by atoms with Crippen molar-refractivity contribution in [1.29, 1.82) is 0 Å². The number of furan rings is 1. The van der Waals surface area contributed by atoms with Gasteiger partial charge >= 0.3 is 15.5 Å². The van der Waals surface area contributed by atoms with Crippen molar-refractivity contribution < 1.29 is 26.0 Å². The number of para-hydroxylation sites is 1. The fourth-order valence-electron chi connectivity index (χ4n) is 3.33. The molecule has 1 saturated heterocycles. The Morgan fingerprint density at radius 1 is 1.28 bits per heavy atom. The lowest BCUT2D eigenvalue weighted by molar-refractivity contribution is -0.0494. The van der Waals surface area contributed by atoms with E-state index in [1.54, 1.807) is 7.05 Å². The predicted molar refractivity (Wildman–Crippen MR) is 104 cm³/mol. The summed E-state index contributed by atoms with van der Waals surface area (Å²) >= 11 is 0. The van der Waals surface area contributed by atoms with E-state index < -0.39 is 15.5 Å². The standard InChI is InChI=1S/C18H23F3N4O3S/c1-12-14-5-3-4-6-15(14)28-16(12)11-23-17(22-2)24-13-7-9-25(10-8-13)29(26,27)18(19,20)21/h3-6,13H,7-11H2,1-2H3,(H2,22,23,24). The van der Waals surface area contributed by atoms with Crippen LogP contribution in [0.4, 0.5) is 13.2 Å². The quantitative estimate of drug-likeness (QED) is 0.573. The Hall–Kier alpha value is -2.27. The van der Waals surface area contributed by atoms with Gasteiger partial charge < -0.3 is 15.1 Å². The number of halogens is 3. The van der Waals surface area contributed by atoms with Gasteiger partial charge in [-0.1, -0.05) is 18.2 Å². The van der Waals surface area contributed by atoms with E-state index in [1.807, 2.05) is 31.2 Å². The number of nitrogens with zero attached hydrogens (tertiary/aromatic N) is 2. The minimum absolute atomic E-state index is 0.183. The molecule has 2 heterocycles. The van der Waals surface area contributed by atoms with Crippen LogP contribution in [0.25, 0.3) is 11.0 Å². The molecule has 1 aromatic heterocycles.